The van der Waals surface area contributed by atoms with Gasteiger partial charge in [0.1, 0.15) is 0 Å². The molecule has 0 nitrogen and oxygen atoms in total. The van der Waals surface area contributed by atoms with E-state index in [-0.39, 0.29) is 0 Å². The van der Waals surface area contributed by atoms with Crippen molar-refractivity contribution in [1.82, 2.24) is 0 Å². The topological polar surface area (TPSA) is 0 Å². The average Bonchev–Trinajstić information content (AvgIpc) is 2.79. The summed E-state index contributed by atoms with van der Waals surface area (Å²) in [5, 5.41) is 0. The highest BCUT2D eigenvalue weighted by atomic mass is 31.2. The lowest BCUT2D eigenvalue weighted by Crippen LogP contribution is -2.13. The third-order valence-electron chi connectivity index (χ3n) is 7.10. The molecule has 0 saturated carbocycles. The highest BCUT2D eigenvalue weighted by Gasteiger charge is 2.34. The van der Waals surface area contributed by atoms with Crippen molar-refractivity contribution in [3.63, 3.8) is 0 Å². The fourth-order valence-corrected chi connectivity index (χ4v) is 10.0. The Kier molecular flexibility index (Phi) is 24.9. The molecule has 31 heavy (non-hydrogen) atoms. The lowest BCUT2D eigenvalue weighted by molar-refractivity contribution is 0.606. The summed E-state index contributed by atoms with van der Waals surface area (Å²) in [4.78, 5) is 0. The lowest BCUT2D eigenvalue weighted by Gasteiger charge is -2.28. The summed E-state index contributed by atoms with van der Waals surface area (Å²) in [6.07, 6.45) is 40.0. The number of allylic oxidation sites excluding steroid dienone is 2. The predicted octanol–water partition coefficient (Wildman–Crippen LogP) is 11.4. The van der Waals surface area contributed by atoms with Crippen LogP contribution in [-0.4, -0.2) is 24.6 Å². The maximum atomic E-state index is 2.46. The molecule has 0 aromatic rings. The molecule has 186 valence electrons. The zero-order valence-electron chi connectivity index (χ0n) is 22.6. The van der Waals surface area contributed by atoms with Gasteiger partial charge < -0.3 is 0 Å². The Hall–Kier alpha value is 0.170. The molecule has 0 atom stereocenters. The minimum absolute atomic E-state index is 0.643. The molecule has 0 unspecified atom stereocenters. The van der Waals surface area contributed by atoms with Crippen LogP contribution in [0.2, 0.25) is 0 Å². The maximum Gasteiger partial charge on any atom is 0.0594 e. The Bertz CT molecular complexity index is 338. The number of rotatable bonds is 25. The Labute approximate surface area is 200 Å². The molecule has 0 aliphatic rings. The molecule has 0 rings (SSSR count). The van der Waals surface area contributed by atoms with Crippen molar-refractivity contribution in [1.29, 1.82) is 0 Å². The van der Waals surface area contributed by atoms with E-state index >= 15 is 0 Å². The van der Waals surface area contributed by atoms with Crippen molar-refractivity contribution in [2.75, 3.05) is 24.6 Å². The van der Waals surface area contributed by atoms with Crippen molar-refractivity contribution in [2.24, 2.45) is 0 Å². The van der Waals surface area contributed by atoms with E-state index in [2.05, 4.69) is 39.8 Å². The van der Waals surface area contributed by atoms with E-state index in [4.69, 9.17) is 0 Å². The van der Waals surface area contributed by atoms with Gasteiger partial charge in [-0.2, -0.15) is 0 Å². The van der Waals surface area contributed by atoms with Crippen LogP contribution < -0.4 is 0 Å². The van der Waals surface area contributed by atoms with E-state index in [1.165, 1.54) is 128 Å². The number of hydrogen-bond donors (Lipinski definition) is 0. The van der Waals surface area contributed by atoms with E-state index in [0.717, 1.165) is 0 Å². The largest absolute Gasteiger partial charge is 0.0885 e. The Balaban J connectivity index is 3.80. The van der Waals surface area contributed by atoms with Crippen molar-refractivity contribution in [3.05, 3.63) is 12.2 Å². The molecule has 1 heteroatoms. The van der Waals surface area contributed by atoms with E-state index in [9.17, 15) is 0 Å². The lowest BCUT2D eigenvalue weighted by atomic mass is 10.1. The average molecular weight is 454 g/mol. The summed E-state index contributed by atoms with van der Waals surface area (Å²) in [6.45, 7) is 9.46. The van der Waals surface area contributed by atoms with Gasteiger partial charge in [0.25, 0.3) is 0 Å². The van der Waals surface area contributed by atoms with Gasteiger partial charge in [-0.05, 0) is 57.8 Å². The molecular formula is C30H62P+. The molecule has 0 aliphatic carbocycles. The number of hydrogen-bond acceptors (Lipinski definition) is 0. The molecule has 0 bridgehead atoms. The van der Waals surface area contributed by atoms with Crippen LogP contribution in [0, 0.1) is 0 Å². The minimum atomic E-state index is -0.643. The second-order valence-electron chi connectivity index (χ2n) is 10.2. The molecule has 0 radical (unpaired) electrons. The Morgan fingerprint density at radius 3 is 1.10 bits per heavy atom. The van der Waals surface area contributed by atoms with Crippen LogP contribution in [0.3, 0.4) is 0 Å². The first-order valence-electron chi connectivity index (χ1n) is 14.7. The fourth-order valence-electron chi connectivity index (χ4n) is 4.85. The molecule has 0 spiro atoms. The van der Waals surface area contributed by atoms with Crippen molar-refractivity contribution in [2.45, 2.75) is 156 Å². The van der Waals surface area contributed by atoms with Crippen molar-refractivity contribution in [3.8, 4) is 0 Å². The molecule has 0 aromatic heterocycles. The van der Waals surface area contributed by atoms with Gasteiger partial charge in [0.15, 0.2) is 0 Å². The van der Waals surface area contributed by atoms with E-state index < -0.39 is 7.26 Å². The summed E-state index contributed by atoms with van der Waals surface area (Å²) in [5.41, 5.74) is 0. The van der Waals surface area contributed by atoms with Gasteiger partial charge in [-0.1, -0.05) is 110 Å². The van der Waals surface area contributed by atoms with Crippen LogP contribution in [0.5, 0.6) is 0 Å². The molecular weight excluding hydrogens is 391 g/mol. The van der Waals surface area contributed by atoms with Crippen LogP contribution in [0.4, 0.5) is 0 Å². The molecule has 0 amide bonds. The summed E-state index contributed by atoms with van der Waals surface area (Å²) < 4.78 is 0. The Morgan fingerprint density at radius 1 is 0.355 bits per heavy atom. The van der Waals surface area contributed by atoms with Crippen LogP contribution in [0.15, 0.2) is 12.2 Å². The second kappa shape index (κ2) is 24.8. The van der Waals surface area contributed by atoms with Crippen LogP contribution in [-0.2, 0) is 0 Å². The van der Waals surface area contributed by atoms with Gasteiger partial charge in [-0.15, -0.1) is 0 Å². The first kappa shape index (κ1) is 31.2. The minimum Gasteiger partial charge on any atom is -0.0885 e. The zero-order valence-corrected chi connectivity index (χ0v) is 23.5. The summed E-state index contributed by atoms with van der Waals surface area (Å²) >= 11 is 0. The van der Waals surface area contributed by atoms with Crippen LogP contribution in [0.25, 0.3) is 0 Å². The third-order valence-corrected chi connectivity index (χ3v) is 12.2. The van der Waals surface area contributed by atoms with Crippen LogP contribution >= 0.6 is 7.26 Å². The van der Waals surface area contributed by atoms with Gasteiger partial charge in [-0.25, -0.2) is 0 Å². The maximum absolute atomic E-state index is 2.46. The normalized spacial score (nSPS) is 12.3. The summed E-state index contributed by atoms with van der Waals surface area (Å²) in [5.74, 6) is 0. The molecule has 0 N–H and O–H groups in total. The highest BCUT2D eigenvalue weighted by Crippen LogP contribution is 2.61. The second-order valence-corrected chi connectivity index (χ2v) is 14.7. The monoisotopic (exact) mass is 453 g/mol. The van der Waals surface area contributed by atoms with Gasteiger partial charge in [-0.3, -0.25) is 0 Å². The number of unbranched alkanes of at least 4 members (excludes halogenated alkanes) is 15. The van der Waals surface area contributed by atoms with Gasteiger partial charge in [0, 0.05) is 7.26 Å². The van der Waals surface area contributed by atoms with E-state index in [0.29, 0.717) is 0 Å². The zero-order chi connectivity index (χ0) is 22.9. The quantitative estimate of drug-likeness (QED) is 0.0732. The van der Waals surface area contributed by atoms with Crippen LogP contribution in [0.1, 0.15) is 156 Å². The molecule has 0 aliphatic heterocycles. The smallest absolute Gasteiger partial charge is 0.0594 e. The summed E-state index contributed by atoms with van der Waals surface area (Å²) in [7, 11) is -0.643. The molecule has 0 aromatic carbocycles. The Morgan fingerprint density at radius 2 is 0.677 bits per heavy atom. The van der Waals surface area contributed by atoms with Crippen molar-refractivity contribution < 1.29 is 0 Å². The van der Waals surface area contributed by atoms with E-state index in [1.54, 1.807) is 24.6 Å². The van der Waals surface area contributed by atoms with Gasteiger partial charge in [0.2, 0.25) is 0 Å². The standard InChI is InChI=1S/C30H62P/c1-5-9-13-14-15-16-17-18-19-20-21-22-23-24-25-26-30-31(27-10-6-2,28-11-7-3)29-12-8-4/h18-19H,5-17,20-30H2,1-4H3/q+1/b19-18-. The van der Waals surface area contributed by atoms with Gasteiger partial charge in [0.05, 0.1) is 24.6 Å². The van der Waals surface area contributed by atoms with Gasteiger partial charge >= 0.3 is 0 Å². The molecule has 0 heterocycles. The third kappa shape index (κ3) is 20.5. The fraction of sp³-hybridized carbons (Fsp3) is 0.933. The predicted molar refractivity (Wildman–Crippen MR) is 151 cm³/mol. The highest BCUT2D eigenvalue weighted by molar-refractivity contribution is 7.75. The molecule has 0 fully saturated rings. The first-order valence-corrected chi connectivity index (χ1v) is 17.3. The molecule has 0 saturated heterocycles. The first-order chi connectivity index (χ1) is 15.2. The van der Waals surface area contributed by atoms with Crippen molar-refractivity contribution >= 4 is 7.26 Å². The summed E-state index contributed by atoms with van der Waals surface area (Å²) in [6, 6.07) is 0. The van der Waals surface area contributed by atoms with E-state index in [1.807, 2.05) is 0 Å². The SMILES string of the molecule is CCCCCCCC/C=C\CCCCCCCC[P+](CCCC)(CCCC)CCCC.